The molecule has 1 unspecified atom stereocenters. The number of H-pyrrole nitrogens is 1. The number of aromatic nitrogens is 1. The van der Waals surface area contributed by atoms with Gasteiger partial charge in [0.1, 0.15) is 18.5 Å². The van der Waals surface area contributed by atoms with Gasteiger partial charge in [-0.05, 0) is 23.8 Å². The van der Waals surface area contributed by atoms with Crippen molar-refractivity contribution in [3.8, 4) is 5.75 Å². The molecule has 1 saturated heterocycles. The molecule has 0 aliphatic carbocycles. The number of fused-ring (bicyclic) bond motifs is 1. The Balaban J connectivity index is 1.94. The second-order valence-corrected chi connectivity index (χ2v) is 3.96. The minimum Gasteiger partial charge on any atom is -0.490 e. The molecule has 0 amide bonds. The first-order valence-electron chi connectivity index (χ1n) is 5.32. The molecule has 1 aromatic carbocycles. The largest absolute Gasteiger partial charge is 0.490 e. The van der Waals surface area contributed by atoms with E-state index in [0.29, 0.717) is 6.61 Å². The van der Waals surface area contributed by atoms with Gasteiger partial charge in [0, 0.05) is 17.1 Å². The molecule has 1 aromatic heterocycles. The Morgan fingerprint density at radius 2 is 2.38 bits per heavy atom. The molecule has 0 bridgehead atoms. The van der Waals surface area contributed by atoms with E-state index in [1.807, 2.05) is 24.4 Å². The maximum atomic E-state index is 9.15. The van der Waals surface area contributed by atoms with Crippen LogP contribution in [0.1, 0.15) is 5.56 Å². The molecule has 4 heteroatoms. The number of aromatic amines is 1. The zero-order valence-corrected chi connectivity index (χ0v) is 8.77. The van der Waals surface area contributed by atoms with E-state index in [-0.39, 0.29) is 12.7 Å². The Labute approximate surface area is 92.8 Å². The zero-order valence-electron chi connectivity index (χ0n) is 8.77. The first-order valence-corrected chi connectivity index (χ1v) is 5.32. The van der Waals surface area contributed by atoms with Crippen molar-refractivity contribution in [2.45, 2.75) is 12.7 Å². The van der Waals surface area contributed by atoms with Crippen molar-refractivity contribution in [1.29, 1.82) is 0 Å². The third-order valence-electron chi connectivity index (χ3n) is 2.70. The van der Waals surface area contributed by atoms with Gasteiger partial charge in [0.05, 0.1) is 13.2 Å². The number of ether oxygens (including phenoxy) is 2. The van der Waals surface area contributed by atoms with Crippen LogP contribution in [0.5, 0.6) is 5.75 Å². The van der Waals surface area contributed by atoms with Gasteiger partial charge in [0.15, 0.2) is 0 Å². The summed E-state index contributed by atoms with van der Waals surface area (Å²) in [6.45, 7) is 1.39. The monoisotopic (exact) mass is 219 g/mol. The third-order valence-corrected chi connectivity index (χ3v) is 2.70. The van der Waals surface area contributed by atoms with Crippen molar-refractivity contribution < 1.29 is 14.6 Å². The molecule has 1 aliphatic rings. The molecule has 3 rings (SSSR count). The smallest absolute Gasteiger partial charge is 0.129 e. The number of epoxide rings is 1. The van der Waals surface area contributed by atoms with Gasteiger partial charge in [-0.15, -0.1) is 0 Å². The molecule has 0 spiro atoms. The predicted molar refractivity (Wildman–Crippen MR) is 59.5 cm³/mol. The van der Waals surface area contributed by atoms with Crippen LogP contribution in [0, 0.1) is 0 Å². The molecule has 1 fully saturated rings. The van der Waals surface area contributed by atoms with Gasteiger partial charge < -0.3 is 19.6 Å². The van der Waals surface area contributed by atoms with Gasteiger partial charge in [-0.3, -0.25) is 0 Å². The first kappa shape index (κ1) is 9.69. The molecule has 16 heavy (non-hydrogen) atoms. The summed E-state index contributed by atoms with van der Waals surface area (Å²) >= 11 is 0. The quantitative estimate of drug-likeness (QED) is 0.765. The second kappa shape index (κ2) is 3.81. The fourth-order valence-electron chi connectivity index (χ4n) is 1.75. The van der Waals surface area contributed by atoms with Gasteiger partial charge >= 0.3 is 0 Å². The molecule has 2 aromatic rings. The Kier molecular flexibility index (Phi) is 2.31. The fourth-order valence-corrected chi connectivity index (χ4v) is 1.75. The summed E-state index contributed by atoms with van der Waals surface area (Å²) in [5, 5.41) is 10.2. The Hall–Kier alpha value is -1.52. The van der Waals surface area contributed by atoms with Crippen molar-refractivity contribution in [2.75, 3.05) is 13.2 Å². The minimum absolute atomic E-state index is 0.0191. The van der Waals surface area contributed by atoms with Crippen LogP contribution in [-0.2, 0) is 11.3 Å². The van der Waals surface area contributed by atoms with E-state index >= 15 is 0 Å². The topological polar surface area (TPSA) is 57.8 Å². The summed E-state index contributed by atoms with van der Waals surface area (Å²) in [6, 6.07) is 5.77. The summed E-state index contributed by atoms with van der Waals surface area (Å²) in [5.41, 5.74) is 1.83. The van der Waals surface area contributed by atoms with E-state index in [4.69, 9.17) is 14.6 Å². The molecular formula is C12H13NO3. The molecule has 84 valence electrons. The van der Waals surface area contributed by atoms with Crippen LogP contribution >= 0.6 is 0 Å². The summed E-state index contributed by atoms with van der Waals surface area (Å²) in [6.07, 6.45) is 2.11. The van der Waals surface area contributed by atoms with Crippen LogP contribution in [0.15, 0.2) is 24.4 Å². The average molecular weight is 219 g/mol. The maximum Gasteiger partial charge on any atom is 0.129 e. The van der Waals surface area contributed by atoms with Gasteiger partial charge in [-0.1, -0.05) is 0 Å². The zero-order chi connectivity index (χ0) is 11.0. The fraction of sp³-hybridized carbons (Fsp3) is 0.333. The van der Waals surface area contributed by atoms with E-state index in [1.165, 1.54) is 0 Å². The van der Waals surface area contributed by atoms with Crippen LogP contribution < -0.4 is 4.74 Å². The maximum absolute atomic E-state index is 9.15. The van der Waals surface area contributed by atoms with Crippen LogP contribution in [0.2, 0.25) is 0 Å². The lowest BCUT2D eigenvalue weighted by molar-refractivity contribution is 0.262. The molecule has 0 saturated carbocycles. The van der Waals surface area contributed by atoms with Crippen molar-refractivity contribution in [1.82, 2.24) is 4.98 Å². The van der Waals surface area contributed by atoms with Crippen LogP contribution in [0.3, 0.4) is 0 Å². The van der Waals surface area contributed by atoms with Gasteiger partial charge in [-0.2, -0.15) is 0 Å². The Bertz CT molecular complexity index is 502. The second-order valence-electron chi connectivity index (χ2n) is 3.96. The molecule has 1 aliphatic heterocycles. The van der Waals surface area contributed by atoms with E-state index in [0.717, 1.165) is 28.8 Å². The van der Waals surface area contributed by atoms with Gasteiger partial charge in [0.2, 0.25) is 0 Å². The highest BCUT2D eigenvalue weighted by Gasteiger charge is 2.23. The molecule has 4 nitrogen and oxygen atoms in total. The van der Waals surface area contributed by atoms with Crippen LogP contribution in [0.25, 0.3) is 10.9 Å². The lowest BCUT2D eigenvalue weighted by Gasteiger charge is -2.07. The average Bonchev–Trinajstić information content (AvgIpc) is 3.02. The number of rotatable bonds is 4. The van der Waals surface area contributed by atoms with Crippen molar-refractivity contribution in [2.24, 2.45) is 0 Å². The van der Waals surface area contributed by atoms with E-state index in [9.17, 15) is 0 Å². The molecular weight excluding hydrogens is 206 g/mol. The number of hydrogen-bond donors (Lipinski definition) is 2. The summed E-state index contributed by atoms with van der Waals surface area (Å²) in [5.74, 6) is 0.804. The first-order chi connectivity index (χ1) is 7.86. The van der Waals surface area contributed by atoms with Crippen molar-refractivity contribution in [3.63, 3.8) is 0 Å². The van der Waals surface area contributed by atoms with Crippen LogP contribution in [-0.4, -0.2) is 29.4 Å². The van der Waals surface area contributed by atoms with Crippen LogP contribution in [0.4, 0.5) is 0 Å². The Morgan fingerprint density at radius 3 is 3.12 bits per heavy atom. The van der Waals surface area contributed by atoms with E-state index in [1.54, 1.807) is 0 Å². The molecule has 2 heterocycles. The highest BCUT2D eigenvalue weighted by atomic mass is 16.6. The van der Waals surface area contributed by atoms with E-state index in [2.05, 4.69) is 4.98 Å². The highest BCUT2D eigenvalue weighted by molar-refractivity contribution is 5.86. The minimum atomic E-state index is 0.0191. The SMILES string of the molecule is OCc1cc(OCC2CO2)c2cc[nH]c2c1. The number of aliphatic hydroxyl groups excluding tert-OH is 1. The van der Waals surface area contributed by atoms with Crippen molar-refractivity contribution in [3.05, 3.63) is 30.0 Å². The third kappa shape index (κ3) is 1.77. The van der Waals surface area contributed by atoms with Gasteiger partial charge in [-0.25, -0.2) is 0 Å². The summed E-state index contributed by atoms with van der Waals surface area (Å²) in [4.78, 5) is 3.12. The number of benzene rings is 1. The molecule has 2 N–H and O–H groups in total. The number of hydrogen-bond acceptors (Lipinski definition) is 3. The lowest BCUT2D eigenvalue weighted by atomic mass is 10.1. The Morgan fingerprint density at radius 1 is 1.50 bits per heavy atom. The highest BCUT2D eigenvalue weighted by Crippen LogP contribution is 2.27. The summed E-state index contributed by atoms with van der Waals surface area (Å²) < 4.78 is 10.8. The lowest BCUT2D eigenvalue weighted by Crippen LogP contribution is -2.04. The molecule has 1 atom stereocenters. The summed E-state index contributed by atoms with van der Waals surface area (Å²) in [7, 11) is 0. The van der Waals surface area contributed by atoms with Crippen molar-refractivity contribution >= 4 is 10.9 Å². The predicted octanol–water partition coefficient (Wildman–Crippen LogP) is 1.44. The normalized spacial score (nSPS) is 18.9. The van der Waals surface area contributed by atoms with E-state index < -0.39 is 0 Å². The standard InChI is InChI=1S/C12H13NO3/c14-5-8-3-11-10(1-2-13-11)12(4-8)16-7-9-6-15-9/h1-4,9,13-14H,5-7H2. The number of nitrogens with one attached hydrogen (secondary N) is 1. The molecule has 0 radical (unpaired) electrons. The number of aliphatic hydroxyl groups is 1. The van der Waals surface area contributed by atoms with Gasteiger partial charge in [0.25, 0.3) is 0 Å².